The van der Waals surface area contributed by atoms with E-state index in [0.717, 1.165) is 22.6 Å². The first-order valence-electron chi connectivity index (χ1n) is 5.35. The predicted octanol–water partition coefficient (Wildman–Crippen LogP) is 0.915. The summed E-state index contributed by atoms with van der Waals surface area (Å²) >= 11 is 0. The molecule has 0 aliphatic carbocycles. The maximum absolute atomic E-state index is 8.00. The molecule has 88 valence electrons. The van der Waals surface area contributed by atoms with Crippen LogP contribution in [0.25, 0.3) is 0 Å². The van der Waals surface area contributed by atoms with E-state index in [4.69, 9.17) is 9.53 Å². The van der Waals surface area contributed by atoms with E-state index in [9.17, 15) is 0 Å². The second-order valence-electron chi connectivity index (χ2n) is 3.63. The van der Waals surface area contributed by atoms with Crippen LogP contribution < -0.4 is 34.3 Å². The molecule has 0 N–H and O–H groups in total. The van der Waals surface area contributed by atoms with E-state index >= 15 is 0 Å². The van der Waals surface area contributed by atoms with Gasteiger partial charge < -0.3 is 9.53 Å². The largest absolute Gasteiger partial charge is 1.00 e. The van der Waals surface area contributed by atoms with Gasteiger partial charge in [0.05, 0.1) is 0 Å². The molecule has 0 aliphatic heterocycles. The zero-order valence-corrected chi connectivity index (χ0v) is 13.1. The molecule has 0 heterocycles. The molecule has 2 nitrogen and oxygen atoms in total. The molecule has 0 saturated heterocycles. The molecule has 0 bridgehead atoms. The fourth-order valence-electron chi connectivity index (χ4n) is 1.46. The molecule has 0 spiro atoms. The number of para-hydroxylation sites is 2. The molecule has 0 saturated carbocycles. The van der Waals surface area contributed by atoms with Crippen LogP contribution in [-0.4, -0.2) is 6.79 Å². The standard InChI is InChI=1S/C14H14O.CH2O.Na/c1-11-7-3-5-9-13(11)15-14-10-6-4-8-12(14)2;1-2;/h3-10H,1-2H3;1H2;/q;;+1. The molecule has 0 fully saturated rings. The van der Waals surface area contributed by atoms with Gasteiger partial charge in [-0.2, -0.15) is 0 Å². The molecule has 0 unspecified atom stereocenters. The SMILES string of the molecule is C=O.Cc1ccccc1Oc1ccccc1C.[Na+]. The van der Waals surface area contributed by atoms with Crippen molar-refractivity contribution < 1.29 is 39.1 Å². The summed E-state index contributed by atoms with van der Waals surface area (Å²) in [5.41, 5.74) is 2.31. The number of hydrogen-bond donors (Lipinski definition) is 0. The van der Waals surface area contributed by atoms with Gasteiger partial charge in [-0.25, -0.2) is 0 Å². The minimum atomic E-state index is 0. The van der Waals surface area contributed by atoms with Crippen LogP contribution in [0.1, 0.15) is 11.1 Å². The smallest absolute Gasteiger partial charge is 0.457 e. The Bertz CT molecular complexity index is 440. The van der Waals surface area contributed by atoms with Crippen molar-refractivity contribution in [3.63, 3.8) is 0 Å². The molecule has 18 heavy (non-hydrogen) atoms. The molecule has 0 atom stereocenters. The van der Waals surface area contributed by atoms with Crippen molar-refractivity contribution in [2.45, 2.75) is 13.8 Å². The van der Waals surface area contributed by atoms with E-state index in [1.165, 1.54) is 0 Å². The monoisotopic (exact) mass is 251 g/mol. The Kier molecular flexibility index (Phi) is 8.38. The number of carbonyl (C=O) groups is 1. The Balaban J connectivity index is 0.000000917. The normalized spacial score (nSPS) is 8.56. The van der Waals surface area contributed by atoms with Crippen molar-refractivity contribution in [1.29, 1.82) is 0 Å². The quantitative estimate of drug-likeness (QED) is 0.742. The van der Waals surface area contributed by atoms with Crippen LogP contribution in [0, 0.1) is 13.8 Å². The van der Waals surface area contributed by atoms with E-state index in [2.05, 4.69) is 0 Å². The van der Waals surface area contributed by atoms with Gasteiger partial charge in [-0.1, -0.05) is 36.4 Å². The Morgan fingerprint density at radius 1 is 0.778 bits per heavy atom. The van der Waals surface area contributed by atoms with Gasteiger partial charge in [-0.15, -0.1) is 0 Å². The Labute approximate surface area is 130 Å². The maximum atomic E-state index is 8.00. The van der Waals surface area contributed by atoms with Gasteiger partial charge >= 0.3 is 29.6 Å². The van der Waals surface area contributed by atoms with Crippen molar-refractivity contribution >= 4 is 6.79 Å². The average molecular weight is 251 g/mol. The number of hydrogen-bond acceptors (Lipinski definition) is 2. The van der Waals surface area contributed by atoms with Gasteiger partial charge in [-0.05, 0) is 37.1 Å². The van der Waals surface area contributed by atoms with E-state index in [-0.39, 0.29) is 29.6 Å². The van der Waals surface area contributed by atoms with E-state index in [1.807, 2.05) is 69.2 Å². The van der Waals surface area contributed by atoms with Gasteiger partial charge in [0.25, 0.3) is 0 Å². The number of carbonyl (C=O) groups excluding carboxylic acids is 1. The van der Waals surface area contributed by atoms with Crippen LogP contribution in [0.3, 0.4) is 0 Å². The van der Waals surface area contributed by atoms with Gasteiger partial charge in [-0.3, -0.25) is 0 Å². The summed E-state index contributed by atoms with van der Waals surface area (Å²) in [6.45, 7) is 6.10. The third kappa shape index (κ3) is 4.65. The summed E-state index contributed by atoms with van der Waals surface area (Å²) in [5, 5.41) is 0. The van der Waals surface area contributed by atoms with Crippen molar-refractivity contribution in [3.05, 3.63) is 59.7 Å². The fourth-order valence-corrected chi connectivity index (χ4v) is 1.46. The van der Waals surface area contributed by atoms with Gasteiger partial charge in [0, 0.05) is 0 Å². The topological polar surface area (TPSA) is 26.3 Å². The Morgan fingerprint density at radius 3 is 1.44 bits per heavy atom. The van der Waals surface area contributed by atoms with E-state index in [0.29, 0.717) is 0 Å². The predicted molar refractivity (Wildman–Crippen MR) is 69.6 cm³/mol. The molecule has 3 heteroatoms. The summed E-state index contributed by atoms with van der Waals surface area (Å²) in [6.07, 6.45) is 0. The number of ether oxygens (including phenoxy) is 1. The van der Waals surface area contributed by atoms with Crippen LogP contribution >= 0.6 is 0 Å². The maximum Gasteiger partial charge on any atom is 1.00 e. The molecular formula is C15H16NaO2+. The van der Waals surface area contributed by atoms with Crippen LogP contribution in [0.4, 0.5) is 0 Å². The van der Waals surface area contributed by atoms with Crippen LogP contribution in [0.5, 0.6) is 11.5 Å². The van der Waals surface area contributed by atoms with Crippen molar-refractivity contribution in [2.75, 3.05) is 0 Å². The summed E-state index contributed by atoms with van der Waals surface area (Å²) in [4.78, 5) is 8.00. The molecular weight excluding hydrogens is 235 g/mol. The van der Waals surface area contributed by atoms with Crippen molar-refractivity contribution in [3.8, 4) is 11.5 Å². The summed E-state index contributed by atoms with van der Waals surface area (Å²) in [6, 6.07) is 16.1. The second-order valence-corrected chi connectivity index (χ2v) is 3.63. The van der Waals surface area contributed by atoms with Crippen molar-refractivity contribution in [1.82, 2.24) is 0 Å². The number of aryl methyl sites for hydroxylation is 2. The Hall–Kier alpha value is -1.09. The molecule has 0 amide bonds. The van der Waals surface area contributed by atoms with Gasteiger partial charge in [0.1, 0.15) is 18.3 Å². The third-order valence-electron chi connectivity index (χ3n) is 2.41. The van der Waals surface area contributed by atoms with Gasteiger partial charge in [0.2, 0.25) is 0 Å². The molecule has 2 aromatic rings. The van der Waals surface area contributed by atoms with Crippen molar-refractivity contribution in [2.24, 2.45) is 0 Å². The van der Waals surface area contributed by atoms with E-state index in [1.54, 1.807) is 0 Å². The summed E-state index contributed by atoms with van der Waals surface area (Å²) in [5.74, 6) is 1.85. The second kappa shape index (κ2) is 8.92. The first-order chi connectivity index (χ1) is 8.27. The minimum absolute atomic E-state index is 0. The number of benzene rings is 2. The molecule has 0 radical (unpaired) electrons. The zero-order valence-electron chi connectivity index (χ0n) is 11.1. The summed E-state index contributed by atoms with van der Waals surface area (Å²) in [7, 11) is 0. The molecule has 2 aromatic carbocycles. The summed E-state index contributed by atoms with van der Waals surface area (Å²) < 4.78 is 5.84. The fraction of sp³-hybridized carbons (Fsp3) is 0.133. The zero-order chi connectivity index (χ0) is 12.7. The first kappa shape index (κ1) is 16.9. The van der Waals surface area contributed by atoms with E-state index < -0.39 is 0 Å². The van der Waals surface area contributed by atoms with Crippen LogP contribution in [0.2, 0.25) is 0 Å². The molecule has 0 aliphatic rings. The first-order valence-corrected chi connectivity index (χ1v) is 5.35. The third-order valence-corrected chi connectivity index (χ3v) is 2.41. The van der Waals surface area contributed by atoms with Gasteiger partial charge in [0.15, 0.2) is 0 Å². The van der Waals surface area contributed by atoms with Crippen LogP contribution in [0.15, 0.2) is 48.5 Å². The average Bonchev–Trinajstić information content (AvgIpc) is 2.37. The molecule has 2 rings (SSSR count). The minimum Gasteiger partial charge on any atom is -0.457 e. The number of rotatable bonds is 2. The molecule has 0 aromatic heterocycles. The van der Waals surface area contributed by atoms with Crippen LogP contribution in [-0.2, 0) is 4.79 Å². The Morgan fingerprint density at radius 2 is 1.11 bits per heavy atom.